The molecule has 2 atom stereocenters. The smallest absolute Gasteiger partial charge is 0.179 e. The Kier molecular flexibility index (Phi) is 3.81. The molecule has 5 heteroatoms. The average Bonchev–Trinajstić information content (AvgIpc) is 2.87. The van der Waals surface area contributed by atoms with Crippen molar-refractivity contribution < 1.29 is 18.3 Å². The van der Waals surface area contributed by atoms with Crippen LogP contribution in [0.15, 0.2) is 18.2 Å². The first-order valence-electron chi connectivity index (χ1n) is 6.99. The van der Waals surface area contributed by atoms with Crippen molar-refractivity contribution in [2.75, 3.05) is 19.7 Å². The molecule has 0 radical (unpaired) electrons. The summed E-state index contributed by atoms with van der Waals surface area (Å²) in [5, 5.41) is 0. The van der Waals surface area contributed by atoms with Crippen LogP contribution in [-0.4, -0.2) is 42.5 Å². The number of morpholine rings is 1. The highest BCUT2D eigenvalue weighted by Gasteiger charge is 2.36. The minimum Gasteiger partial charge on any atom is -0.375 e. The fraction of sp³-hybridized carbons (Fsp3) is 0.533. The molecule has 2 unspecified atom stereocenters. The van der Waals surface area contributed by atoms with Crippen molar-refractivity contribution in [3.63, 3.8) is 0 Å². The molecule has 0 amide bonds. The van der Waals surface area contributed by atoms with Gasteiger partial charge in [0.25, 0.3) is 0 Å². The molecular weight excluding hydrogens is 264 g/mol. The van der Waals surface area contributed by atoms with Crippen LogP contribution in [0.3, 0.4) is 0 Å². The summed E-state index contributed by atoms with van der Waals surface area (Å²) in [7, 11) is 0. The fourth-order valence-electron chi connectivity index (χ4n) is 3.19. The number of carbonyl (C=O) groups is 1. The van der Waals surface area contributed by atoms with E-state index in [1.807, 2.05) is 0 Å². The number of nitrogens with zero attached hydrogens (tertiary/aromatic N) is 1. The van der Waals surface area contributed by atoms with Gasteiger partial charge in [0.15, 0.2) is 5.78 Å². The zero-order valence-corrected chi connectivity index (χ0v) is 11.1. The number of halogens is 2. The molecule has 1 saturated heterocycles. The van der Waals surface area contributed by atoms with E-state index in [-0.39, 0.29) is 30.0 Å². The van der Waals surface area contributed by atoms with E-state index in [1.165, 1.54) is 6.07 Å². The second-order valence-electron chi connectivity index (χ2n) is 5.43. The Balaban J connectivity index is 1.72. The Hall–Kier alpha value is -1.33. The van der Waals surface area contributed by atoms with Crippen LogP contribution < -0.4 is 0 Å². The van der Waals surface area contributed by atoms with Crippen LogP contribution in [0.5, 0.6) is 0 Å². The number of hydrogen-bond donors (Lipinski definition) is 0. The third-order valence-corrected chi connectivity index (χ3v) is 4.18. The topological polar surface area (TPSA) is 29.5 Å². The van der Waals surface area contributed by atoms with Gasteiger partial charge in [0.2, 0.25) is 0 Å². The Bertz CT molecular complexity index is 521. The lowest BCUT2D eigenvalue weighted by Crippen LogP contribution is -2.50. The summed E-state index contributed by atoms with van der Waals surface area (Å²) < 4.78 is 32.2. The van der Waals surface area contributed by atoms with Gasteiger partial charge in [-0.15, -0.1) is 0 Å². The van der Waals surface area contributed by atoms with E-state index in [2.05, 4.69) is 4.90 Å². The molecule has 1 aromatic rings. The maximum absolute atomic E-state index is 13.6. The van der Waals surface area contributed by atoms with Gasteiger partial charge in [-0.1, -0.05) is 0 Å². The lowest BCUT2D eigenvalue weighted by atomic mass is 10.1. The van der Waals surface area contributed by atoms with Crippen LogP contribution in [0, 0.1) is 11.6 Å². The van der Waals surface area contributed by atoms with Crippen molar-refractivity contribution in [3.8, 4) is 0 Å². The summed E-state index contributed by atoms with van der Waals surface area (Å²) in [5.74, 6) is -1.75. The fourth-order valence-corrected chi connectivity index (χ4v) is 3.19. The lowest BCUT2D eigenvalue weighted by Gasteiger charge is -2.37. The second kappa shape index (κ2) is 5.58. The van der Waals surface area contributed by atoms with E-state index in [0.29, 0.717) is 13.2 Å². The molecule has 3 nitrogen and oxygen atoms in total. The second-order valence-corrected chi connectivity index (χ2v) is 5.43. The number of fused-ring (bicyclic) bond motifs is 1. The van der Waals surface area contributed by atoms with Crippen molar-refractivity contribution >= 4 is 5.78 Å². The van der Waals surface area contributed by atoms with E-state index in [9.17, 15) is 13.6 Å². The molecule has 1 aromatic carbocycles. The maximum atomic E-state index is 13.6. The molecule has 1 aliphatic carbocycles. The highest BCUT2D eigenvalue weighted by Crippen LogP contribution is 2.29. The van der Waals surface area contributed by atoms with E-state index in [4.69, 9.17) is 4.74 Å². The Morgan fingerprint density at radius 3 is 3.00 bits per heavy atom. The van der Waals surface area contributed by atoms with Crippen LogP contribution in [0.25, 0.3) is 0 Å². The maximum Gasteiger partial charge on any atom is 0.179 e. The molecule has 3 rings (SSSR count). The largest absolute Gasteiger partial charge is 0.375 e. The predicted molar refractivity (Wildman–Crippen MR) is 69.6 cm³/mol. The van der Waals surface area contributed by atoms with Gasteiger partial charge in [0.1, 0.15) is 11.6 Å². The van der Waals surface area contributed by atoms with Gasteiger partial charge in [0.05, 0.1) is 24.8 Å². The number of carbonyl (C=O) groups excluding carboxylic acids is 1. The van der Waals surface area contributed by atoms with Gasteiger partial charge in [-0.2, -0.15) is 0 Å². The summed E-state index contributed by atoms with van der Waals surface area (Å²) in [6.45, 7) is 1.48. The molecule has 1 heterocycles. The summed E-state index contributed by atoms with van der Waals surface area (Å²) in [5.41, 5.74) is -0.0348. The van der Waals surface area contributed by atoms with Crippen LogP contribution >= 0.6 is 0 Å². The number of rotatable bonds is 3. The van der Waals surface area contributed by atoms with Crippen LogP contribution in [0.2, 0.25) is 0 Å². The van der Waals surface area contributed by atoms with Crippen LogP contribution in [0.1, 0.15) is 29.6 Å². The minimum atomic E-state index is -0.786. The summed E-state index contributed by atoms with van der Waals surface area (Å²) in [4.78, 5) is 14.3. The molecule has 1 aliphatic heterocycles. The van der Waals surface area contributed by atoms with Gasteiger partial charge >= 0.3 is 0 Å². The van der Waals surface area contributed by atoms with Crippen LogP contribution in [0.4, 0.5) is 8.78 Å². The molecule has 0 bridgehead atoms. The quantitative estimate of drug-likeness (QED) is 0.797. The van der Waals surface area contributed by atoms with Crippen molar-refractivity contribution in [2.45, 2.75) is 31.4 Å². The van der Waals surface area contributed by atoms with E-state index in [1.54, 1.807) is 0 Å². The molecule has 0 N–H and O–H groups in total. The van der Waals surface area contributed by atoms with Crippen molar-refractivity contribution in [1.29, 1.82) is 0 Å². The average molecular weight is 281 g/mol. The first-order valence-corrected chi connectivity index (χ1v) is 6.99. The SMILES string of the molecule is O=C(CN1CCOC2CCCC21)c1ccc(F)cc1F. The molecule has 2 aliphatic rings. The highest BCUT2D eigenvalue weighted by atomic mass is 19.1. The number of ether oxygens (including phenoxy) is 1. The van der Waals surface area contributed by atoms with E-state index >= 15 is 0 Å². The molecule has 20 heavy (non-hydrogen) atoms. The van der Waals surface area contributed by atoms with E-state index < -0.39 is 11.6 Å². The summed E-state index contributed by atoms with van der Waals surface area (Å²) in [6.07, 6.45) is 3.35. The third-order valence-electron chi connectivity index (χ3n) is 4.18. The summed E-state index contributed by atoms with van der Waals surface area (Å²) in [6, 6.07) is 3.36. The van der Waals surface area contributed by atoms with Crippen molar-refractivity contribution in [2.24, 2.45) is 0 Å². The standard InChI is InChI=1S/C15H17F2NO2/c16-10-4-5-11(12(17)8-10)14(19)9-18-6-7-20-15-3-1-2-13(15)18/h4-5,8,13,15H,1-3,6-7,9H2. The van der Waals surface area contributed by atoms with Gasteiger partial charge in [-0.25, -0.2) is 8.78 Å². The van der Waals surface area contributed by atoms with Gasteiger partial charge < -0.3 is 4.74 Å². The van der Waals surface area contributed by atoms with Gasteiger partial charge in [0, 0.05) is 18.7 Å². The Labute approximate surface area is 116 Å². The van der Waals surface area contributed by atoms with Crippen molar-refractivity contribution in [1.82, 2.24) is 4.90 Å². The van der Waals surface area contributed by atoms with Gasteiger partial charge in [-0.05, 0) is 31.4 Å². The first kappa shape index (κ1) is 13.6. The molecule has 0 aromatic heterocycles. The highest BCUT2D eigenvalue weighted by molar-refractivity contribution is 5.97. The molecule has 1 saturated carbocycles. The zero-order chi connectivity index (χ0) is 14.1. The normalized spacial score (nSPS) is 26.5. The Morgan fingerprint density at radius 2 is 2.20 bits per heavy atom. The number of Topliss-reactive ketones (excluding diaryl/α,β-unsaturated/α-hetero) is 1. The number of hydrogen-bond acceptors (Lipinski definition) is 3. The first-order chi connectivity index (χ1) is 9.65. The molecule has 2 fully saturated rings. The number of ketones is 1. The zero-order valence-electron chi connectivity index (χ0n) is 11.1. The van der Waals surface area contributed by atoms with Gasteiger partial charge in [-0.3, -0.25) is 9.69 Å². The number of benzene rings is 1. The molecular formula is C15H17F2NO2. The molecule has 0 spiro atoms. The summed E-state index contributed by atoms with van der Waals surface area (Å²) >= 11 is 0. The van der Waals surface area contributed by atoms with Crippen LogP contribution in [-0.2, 0) is 4.74 Å². The van der Waals surface area contributed by atoms with Crippen molar-refractivity contribution in [3.05, 3.63) is 35.4 Å². The lowest BCUT2D eigenvalue weighted by molar-refractivity contribution is -0.0522. The monoisotopic (exact) mass is 281 g/mol. The van der Waals surface area contributed by atoms with E-state index in [0.717, 1.165) is 31.4 Å². The minimum absolute atomic E-state index is 0.0348. The predicted octanol–water partition coefficient (Wildman–Crippen LogP) is 2.40. The third kappa shape index (κ3) is 2.60. The Morgan fingerprint density at radius 1 is 1.35 bits per heavy atom. The molecule has 108 valence electrons.